The van der Waals surface area contributed by atoms with E-state index >= 15 is 0 Å². The standard InChI is InChI=1S/C77H116N14O20/c1-9-45(6)64(73(105)90-66(47(8)94)75(107)85-54(37-44(4)5)69(101)87-57(77(110)111)39-49-41-80-51-29-24-23-28-50(49)51)88-67(99)52(33-34-60(78)95)82-72(104)59-30-25-35-91(59)63(98)32-22-17-15-13-11-10-12-14-16-21-31-62(97)81-58(42-92)71(103)89-65(46(7)93)74(106)84-53(36-43(2)3)68(100)83-55(40-61(79)96)70(102)86-56(76(108)109)38-48-26-19-18-20-27-48/h10-11,18-20,23-24,26-29,41,43-47,52-59,64-66,80,92-94H,9,12-17,21-22,25,30-40,42H2,1-8H3,(H2,78,95)(H2,79,96)(H,81,97)(H,82,104)(H,83,100)(H,84,106)(H,85,107)(H,86,102)(H,87,101)(H,88,99)(H,89,103)(H,90,105)(H,108,109)(H,110,111)/b11-10+/t45-,46+,47+,52-,53-,54-,55-,56-,57-,58-,59-,64-,65-,66-/m0/s1. The zero-order valence-electron chi connectivity index (χ0n) is 64.7. The monoisotopic (exact) mass is 1560 g/mol. The molecule has 34 heteroatoms. The van der Waals surface area contributed by atoms with Gasteiger partial charge in [-0.15, -0.1) is 0 Å². The van der Waals surface area contributed by atoms with Gasteiger partial charge in [-0.1, -0.05) is 121 Å². The average molecular weight is 1560 g/mol. The number of aromatic nitrogens is 1. The lowest BCUT2D eigenvalue weighted by molar-refractivity contribution is -0.143. The summed E-state index contributed by atoms with van der Waals surface area (Å²) < 4.78 is 0. The third-order valence-corrected chi connectivity index (χ3v) is 19.0. The van der Waals surface area contributed by atoms with Crippen molar-refractivity contribution in [3.8, 4) is 0 Å². The second-order valence-electron chi connectivity index (χ2n) is 29.3. The number of aliphatic hydroxyl groups excluding tert-OH is 3. The summed E-state index contributed by atoms with van der Waals surface area (Å²) in [6.07, 6.45) is 7.29. The van der Waals surface area contributed by atoms with Crippen LogP contribution in [0.4, 0.5) is 0 Å². The molecule has 614 valence electrons. The van der Waals surface area contributed by atoms with Crippen molar-refractivity contribution in [2.75, 3.05) is 13.2 Å². The number of nitrogens with zero attached hydrogens (tertiary/aromatic N) is 1. The first-order valence-electron chi connectivity index (χ1n) is 38.1. The molecule has 0 unspecified atom stereocenters. The number of nitrogens with two attached hydrogens (primary N) is 2. The van der Waals surface area contributed by atoms with E-state index in [1.165, 1.54) is 18.7 Å². The molecule has 34 nitrogen and oxygen atoms in total. The Morgan fingerprint density at radius 1 is 0.514 bits per heavy atom. The second kappa shape index (κ2) is 47.7. The fourth-order valence-corrected chi connectivity index (χ4v) is 12.6. The summed E-state index contributed by atoms with van der Waals surface area (Å²) in [7, 11) is 0. The molecule has 111 heavy (non-hydrogen) atoms. The average Bonchev–Trinajstić information content (AvgIpc) is 1.74. The molecule has 13 amide bonds. The van der Waals surface area contributed by atoms with Gasteiger partial charge in [0, 0.05) is 55.7 Å². The number of primary amides is 2. The predicted molar refractivity (Wildman–Crippen MR) is 408 cm³/mol. The molecule has 0 aliphatic carbocycles. The van der Waals surface area contributed by atoms with Crippen molar-refractivity contribution in [1.29, 1.82) is 0 Å². The molecule has 20 N–H and O–H groups in total. The number of likely N-dealkylation sites (tertiary alicyclic amines) is 1. The largest absolute Gasteiger partial charge is 0.480 e. The minimum absolute atomic E-state index is 0.0158. The lowest BCUT2D eigenvalue weighted by Crippen LogP contribution is -2.62. The first-order valence-corrected chi connectivity index (χ1v) is 38.1. The number of carbonyl (C=O) groups excluding carboxylic acids is 13. The Morgan fingerprint density at radius 2 is 0.991 bits per heavy atom. The fourth-order valence-electron chi connectivity index (χ4n) is 12.6. The van der Waals surface area contributed by atoms with Gasteiger partial charge in [0.2, 0.25) is 76.8 Å². The Kier molecular flexibility index (Phi) is 39.9. The fraction of sp³-hybridized carbons (Fsp3) is 0.597. The lowest BCUT2D eigenvalue weighted by atomic mass is 9.96. The van der Waals surface area contributed by atoms with Crippen LogP contribution in [0.1, 0.15) is 182 Å². The first kappa shape index (κ1) is 93.0. The van der Waals surface area contributed by atoms with Crippen molar-refractivity contribution in [3.05, 3.63) is 84.1 Å². The number of unbranched alkanes of at least 4 members (excludes halogenated alkanes) is 6. The van der Waals surface area contributed by atoms with Crippen LogP contribution < -0.4 is 64.6 Å². The molecule has 1 aliphatic rings. The Hall–Kier alpha value is -10.4. The molecule has 0 spiro atoms. The summed E-state index contributed by atoms with van der Waals surface area (Å²) >= 11 is 0. The summed E-state index contributed by atoms with van der Waals surface area (Å²) in [5, 5.41) is 77.2. The number of carboxylic acid groups (broad SMARTS) is 2. The maximum absolute atomic E-state index is 14.2. The molecule has 2 aromatic carbocycles. The lowest BCUT2D eigenvalue weighted by Gasteiger charge is -2.30. The normalized spacial score (nSPS) is 16.3. The molecule has 1 saturated heterocycles. The number of para-hydroxylation sites is 1. The highest BCUT2D eigenvalue weighted by molar-refractivity contribution is 6.00. The quantitative estimate of drug-likeness (QED) is 0.0269. The van der Waals surface area contributed by atoms with Crippen LogP contribution in [0.2, 0.25) is 0 Å². The summed E-state index contributed by atoms with van der Waals surface area (Å²) in [6.45, 7) is 12.2. The number of aliphatic carboxylic acids is 2. The van der Waals surface area contributed by atoms with Crippen LogP contribution in [-0.4, -0.2) is 216 Å². The maximum Gasteiger partial charge on any atom is 0.326 e. The van der Waals surface area contributed by atoms with E-state index in [-0.39, 0.29) is 82.1 Å². The van der Waals surface area contributed by atoms with Gasteiger partial charge < -0.3 is 100 Å². The van der Waals surface area contributed by atoms with E-state index in [1.54, 1.807) is 84.1 Å². The number of carboxylic acids is 2. The molecule has 1 fully saturated rings. The van der Waals surface area contributed by atoms with Crippen molar-refractivity contribution in [1.82, 2.24) is 63.1 Å². The Bertz CT molecular complexity index is 3660. The molecule has 0 radical (unpaired) electrons. The number of aliphatic hydroxyl groups is 3. The highest BCUT2D eigenvalue weighted by Gasteiger charge is 2.40. The van der Waals surface area contributed by atoms with E-state index in [2.05, 4.69) is 58.2 Å². The summed E-state index contributed by atoms with van der Waals surface area (Å²) in [4.78, 5) is 204. The summed E-state index contributed by atoms with van der Waals surface area (Å²) in [6, 6.07) is -0.331. The van der Waals surface area contributed by atoms with Gasteiger partial charge in [0.05, 0.1) is 25.2 Å². The number of benzene rings is 2. The second-order valence-corrected chi connectivity index (χ2v) is 29.3. The van der Waals surface area contributed by atoms with Crippen molar-refractivity contribution in [2.24, 2.45) is 29.2 Å². The van der Waals surface area contributed by atoms with Crippen molar-refractivity contribution >= 4 is 99.6 Å². The van der Waals surface area contributed by atoms with Crippen LogP contribution >= 0.6 is 0 Å². The van der Waals surface area contributed by atoms with Crippen LogP contribution in [0, 0.1) is 17.8 Å². The Labute approximate surface area is 646 Å². The van der Waals surface area contributed by atoms with Crippen molar-refractivity contribution < 1.29 is 97.5 Å². The number of hydrogen-bond donors (Lipinski definition) is 18. The molecule has 3 aromatic rings. The number of nitrogens with one attached hydrogen (secondary N) is 11. The third kappa shape index (κ3) is 32.3. The first-order chi connectivity index (χ1) is 52.5. The van der Waals surface area contributed by atoms with E-state index in [4.69, 9.17) is 11.5 Å². The highest BCUT2D eigenvalue weighted by atomic mass is 16.4. The number of amides is 13. The highest BCUT2D eigenvalue weighted by Crippen LogP contribution is 2.23. The topological polar surface area (TPSA) is 549 Å². The van der Waals surface area contributed by atoms with Gasteiger partial charge in [-0.2, -0.15) is 0 Å². The van der Waals surface area contributed by atoms with Crippen LogP contribution in [0.3, 0.4) is 0 Å². The molecule has 1 aromatic heterocycles. The minimum Gasteiger partial charge on any atom is -0.480 e. The number of H-pyrrole nitrogens is 1. The smallest absolute Gasteiger partial charge is 0.326 e. The summed E-state index contributed by atoms with van der Waals surface area (Å²) in [5.74, 6) is -14.8. The summed E-state index contributed by atoms with van der Waals surface area (Å²) in [5.41, 5.74) is 12.8. The SMILES string of the molecule is CC[C@H](C)[C@H](NC(=O)[C@H](CCC(N)=O)NC(=O)[C@@H]1CCCN1C(=O)CCCCC/C=C/CCCCCC(=O)N[C@@H](CO)C(=O)N[C@H](C(=O)N[C@@H](CC(C)C)C(=O)N[C@@H](CC(N)=O)C(=O)N[C@@H](Cc1ccccc1)C(=O)O)[C@@H](C)O)C(=O)N[C@H](C(=O)N[C@@H](CC(C)C)C(=O)N[C@@H](Cc1c[nH]c2ccccc12)C(=O)O)[C@@H](C)O. The van der Waals surface area contributed by atoms with Crippen LogP contribution in [-0.2, 0) is 84.8 Å². The number of carbonyl (C=O) groups is 15. The molecule has 0 bridgehead atoms. The Balaban J connectivity index is 1.22. The molecule has 0 saturated carbocycles. The predicted octanol–water partition coefficient (Wildman–Crippen LogP) is 0.452. The van der Waals surface area contributed by atoms with Gasteiger partial charge in [0.1, 0.15) is 66.5 Å². The van der Waals surface area contributed by atoms with Crippen LogP contribution in [0.25, 0.3) is 10.9 Å². The molecular weight excluding hydrogens is 1440 g/mol. The maximum atomic E-state index is 14.2. The van der Waals surface area contributed by atoms with Gasteiger partial charge >= 0.3 is 11.9 Å². The van der Waals surface area contributed by atoms with Crippen molar-refractivity contribution in [2.45, 2.75) is 262 Å². The van der Waals surface area contributed by atoms with Crippen LogP contribution in [0.15, 0.2) is 72.9 Å². The number of rotatable bonds is 51. The van der Waals surface area contributed by atoms with Gasteiger partial charge in [0.25, 0.3) is 0 Å². The van der Waals surface area contributed by atoms with Crippen LogP contribution in [0.5, 0.6) is 0 Å². The van der Waals surface area contributed by atoms with Gasteiger partial charge in [-0.25, -0.2) is 9.59 Å². The number of allylic oxidation sites excluding steroid dienone is 2. The molecule has 4 rings (SSSR count). The van der Waals surface area contributed by atoms with E-state index < -0.39 is 180 Å². The number of fused-ring (bicyclic) bond motifs is 1. The molecule has 2 heterocycles. The van der Waals surface area contributed by atoms with E-state index in [0.29, 0.717) is 68.9 Å². The third-order valence-electron chi connectivity index (χ3n) is 19.0. The van der Waals surface area contributed by atoms with E-state index in [9.17, 15) is 97.5 Å². The minimum atomic E-state index is -1.72. The number of hydrogen-bond acceptors (Lipinski definition) is 18. The number of aromatic amines is 1. The molecular formula is C77H116N14O20. The molecule has 1 aliphatic heterocycles. The molecule has 14 atom stereocenters. The van der Waals surface area contributed by atoms with E-state index in [1.807, 2.05) is 30.4 Å². The zero-order valence-corrected chi connectivity index (χ0v) is 64.7. The van der Waals surface area contributed by atoms with E-state index in [0.717, 1.165) is 17.3 Å². The van der Waals surface area contributed by atoms with Gasteiger partial charge in [-0.05, 0) is 119 Å². The Morgan fingerprint density at radius 3 is 1.51 bits per heavy atom. The van der Waals surface area contributed by atoms with Gasteiger partial charge in [0.15, 0.2) is 0 Å². The van der Waals surface area contributed by atoms with Crippen molar-refractivity contribution in [3.63, 3.8) is 0 Å². The van der Waals surface area contributed by atoms with Gasteiger partial charge in [-0.3, -0.25) is 62.3 Å². The zero-order chi connectivity index (χ0) is 82.6.